The molecule has 0 aromatic heterocycles. The van der Waals surface area contributed by atoms with E-state index in [9.17, 15) is 19.5 Å². The number of β-amino-alcohol motifs (C(OH)–C–C–N with tert-alkyl or cyclic N) is 1. The number of aliphatic hydroxyl groups excluding tert-OH is 1. The minimum atomic E-state index is -0.969. The van der Waals surface area contributed by atoms with Crippen molar-refractivity contribution in [2.45, 2.75) is 31.8 Å². The van der Waals surface area contributed by atoms with Crippen LogP contribution in [0.1, 0.15) is 36.0 Å². The van der Waals surface area contributed by atoms with E-state index >= 15 is 0 Å². The van der Waals surface area contributed by atoms with Gasteiger partial charge in [0.25, 0.3) is 0 Å². The maximum absolute atomic E-state index is 12.4. The number of carbonyl (C=O) groups excluding carboxylic acids is 3. The van der Waals surface area contributed by atoms with Crippen molar-refractivity contribution in [3.63, 3.8) is 0 Å². The first-order valence-electron chi connectivity index (χ1n) is 8.85. The molecule has 2 fully saturated rings. The van der Waals surface area contributed by atoms with Gasteiger partial charge in [-0.1, -0.05) is 12.8 Å². The summed E-state index contributed by atoms with van der Waals surface area (Å²) in [5.41, 5.74) is 0.399. The molecule has 2 amide bonds. The maximum Gasteiger partial charge on any atom is 0.337 e. The van der Waals surface area contributed by atoms with Gasteiger partial charge in [0.2, 0.25) is 11.8 Å². The van der Waals surface area contributed by atoms with E-state index in [0.717, 1.165) is 25.7 Å². The zero-order chi connectivity index (χ0) is 18.7. The molecule has 2 aliphatic rings. The number of carbonyl (C=O) groups is 3. The largest absolute Gasteiger partial charge is 0.491 e. The number of ether oxygens (including phenoxy) is 2. The van der Waals surface area contributed by atoms with Crippen LogP contribution in [0.25, 0.3) is 0 Å². The maximum atomic E-state index is 12.4. The van der Waals surface area contributed by atoms with Crippen molar-refractivity contribution < 1.29 is 29.0 Å². The van der Waals surface area contributed by atoms with Crippen LogP contribution in [-0.2, 0) is 14.3 Å². The molecule has 0 spiro atoms. The van der Waals surface area contributed by atoms with Gasteiger partial charge in [0.15, 0.2) is 0 Å². The lowest BCUT2D eigenvalue weighted by Gasteiger charge is -2.19. The average Bonchev–Trinajstić information content (AvgIpc) is 2.91. The third kappa shape index (κ3) is 3.72. The number of imide groups is 1. The highest BCUT2D eigenvalue weighted by molar-refractivity contribution is 6.05. The molecule has 0 radical (unpaired) electrons. The van der Waals surface area contributed by atoms with Crippen molar-refractivity contribution in [2.24, 2.45) is 11.8 Å². The predicted octanol–water partition coefficient (Wildman–Crippen LogP) is 1.39. The molecule has 7 nitrogen and oxygen atoms in total. The summed E-state index contributed by atoms with van der Waals surface area (Å²) < 4.78 is 10.1. The van der Waals surface area contributed by atoms with Crippen LogP contribution in [0.3, 0.4) is 0 Å². The standard InChI is InChI=1S/C19H23NO6/c1-25-19(24)12-6-8-14(9-7-12)26-11-13(21)10-20-17(22)15-4-2-3-5-16(15)18(20)23/h6-9,13,15-16,21H,2-5,10-11H2,1H3/t13-,15-,16-/m1/s1. The number of amides is 2. The Morgan fingerprint density at radius 2 is 1.73 bits per heavy atom. The smallest absolute Gasteiger partial charge is 0.337 e. The Morgan fingerprint density at radius 3 is 2.27 bits per heavy atom. The fraction of sp³-hybridized carbons (Fsp3) is 0.526. The van der Waals surface area contributed by atoms with Crippen LogP contribution in [0.4, 0.5) is 0 Å². The summed E-state index contributed by atoms with van der Waals surface area (Å²) in [5, 5.41) is 10.2. The van der Waals surface area contributed by atoms with E-state index in [1.807, 2.05) is 0 Å². The van der Waals surface area contributed by atoms with Crippen molar-refractivity contribution in [1.29, 1.82) is 0 Å². The van der Waals surface area contributed by atoms with Crippen LogP contribution >= 0.6 is 0 Å². The van der Waals surface area contributed by atoms with Gasteiger partial charge in [-0.25, -0.2) is 4.79 Å². The summed E-state index contributed by atoms with van der Waals surface area (Å²) in [4.78, 5) is 37.4. The normalized spacial score (nSPS) is 23.5. The van der Waals surface area contributed by atoms with Crippen LogP contribution < -0.4 is 4.74 Å². The molecule has 0 unspecified atom stereocenters. The van der Waals surface area contributed by atoms with E-state index in [2.05, 4.69) is 4.74 Å². The Hall–Kier alpha value is -2.41. The van der Waals surface area contributed by atoms with Gasteiger partial charge in [-0.3, -0.25) is 14.5 Å². The lowest BCUT2D eigenvalue weighted by atomic mass is 9.81. The third-order valence-corrected chi connectivity index (χ3v) is 5.04. The van der Waals surface area contributed by atoms with E-state index in [1.165, 1.54) is 12.0 Å². The molecule has 1 aromatic rings. The first-order valence-corrected chi connectivity index (χ1v) is 8.85. The van der Waals surface area contributed by atoms with Crippen molar-refractivity contribution in [3.8, 4) is 5.75 Å². The highest BCUT2D eigenvalue weighted by Gasteiger charge is 2.48. The average molecular weight is 361 g/mol. The Bertz CT molecular complexity index is 662. The lowest BCUT2D eigenvalue weighted by Crippen LogP contribution is -2.40. The molecule has 1 heterocycles. The summed E-state index contributed by atoms with van der Waals surface area (Å²) in [6.45, 7) is -0.102. The van der Waals surface area contributed by atoms with Crippen molar-refractivity contribution in [3.05, 3.63) is 29.8 Å². The molecular weight excluding hydrogens is 338 g/mol. The number of rotatable bonds is 6. The van der Waals surface area contributed by atoms with E-state index < -0.39 is 12.1 Å². The summed E-state index contributed by atoms with van der Waals surface area (Å²) in [5.74, 6) is -0.721. The lowest BCUT2D eigenvalue weighted by molar-refractivity contribution is -0.141. The van der Waals surface area contributed by atoms with Crippen LogP contribution in [0, 0.1) is 11.8 Å². The van der Waals surface area contributed by atoms with Crippen LogP contribution in [0.2, 0.25) is 0 Å². The molecule has 1 aromatic carbocycles. The van der Waals surface area contributed by atoms with Crippen molar-refractivity contribution in [1.82, 2.24) is 4.90 Å². The molecule has 1 N–H and O–H groups in total. The van der Waals surface area contributed by atoms with Gasteiger partial charge in [-0.2, -0.15) is 0 Å². The van der Waals surface area contributed by atoms with Gasteiger partial charge in [0.05, 0.1) is 31.1 Å². The fourth-order valence-corrected chi connectivity index (χ4v) is 3.67. The molecule has 3 rings (SSSR count). The van der Waals surface area contributed by atoms with Gasteiger partial charge in [-0.05, 0) is 37.1 Å². The number of esters is 1. The third-order valence-electron chi connectivity index (χ3n) is 5.04. The topological polar surface area (TPSA) is 93.1 Å². The second-order valence-electron chi connectivity index (χ2n) is 6.77. The van der Waals surface area contributed by atoms with Crippen LogP contribution in [-0.4, -0.2) is 54.2 Å². The van der Waals surface area contributed by atoms with Crippen LogP contribution in [0.15, 0.2) is 24.3 Å². The van der Waals surface area contributed by atoms with E-state index in [0.29, 0.717) is 11.3 Å². The number of fused-ring (bicyclic) bond motifs is 1. The minimum absolute atomic E-state index is 0.0507. The van der Waals surface area contributed by atoms with E-state index in [1.54, 1.807) is 24.3 Å². The molecule has 1 saturated heterocycles. The summed E-state index contributed by atoms with van der Waals surface area (Å²) in [7, 11) is 1.31. The number of likely N-dealkylation sites (tertiary alicyclic amines) is 1. The molecule has 140 valence electrons. The molecule has 3 atom stereocenters. The number of nitrogens with zero attached hydrogens (tertiary/aromatic N) is 1. The second kappa shape index (κ2) is 7.86. The monoisotopic (exact) mass is 361 g/mol. The number of benzene rings is 1. The van der Waals surface area contributed by atoms with Crippen LogP contribution in [0.5, 0.6) is 5.75 Å². The Kier molecular flexibility index (Phi) is 5.56. The Morgan fingerprint density at radius 1 is 1.15 bits per heavy atom. The zero-order valence-corrected chi connectivity index (χ0v) is 14.7. The van der Waals surface area contributed by atoms with E-state index in [4.69, 9.17) is 4.74 Å². The Labute approximate surface area is 151 Å². The second-order valence-corrected chi connectivity index (χ2v) is 6.77. The van der Waals surface area contributed by atoms with Crippen molar-refractivity contribution >= 4 is 17.8 Å². The molecular formula is C19H23NO6. The van der Waals surface area contributed by atoms with Gasteiger partial charge < -0.3 is 14.6 Å². The van der Waals surface area contributed by atoms with E-state index in [-0.39, 0.29) is 36.8 Å². The summed E-state index contributed by atoms with van der Waals surface area (Å²) in [6, 6.07) is 6.32. The number of hydrogen-bond donors (Lipinski definition) is 1. The minimum Gasteiger partial charge on any atom is -0.491 e. The van der Waals surface area contributed by atoms with Gasteiger partial charge >= 0.3 is 5.97 Å². The van der Waals surface area contributed by atoms with Gasteiger partial charge in [0, 0.05) is 0 Å². The highest BCUT2D eigenvalue weighted by atomic mass is 16.5. The van der Waals surface area contributed by atoms with Gasteiger partial charge in [0.1, 0.15) is 18.5 Å². The summed E-state index contributed by atoms with van der Waals surface area (Å²) >= 11 is 0. The Balaban J connectivity index is 1.52. The SMILES string of the molecule is COC(=O)c1ccc(OC[C@H](O)CN2C(=O)[C@@H]3CCCC[C@H]3C2=O)cc1. The number of aliphatic hydroxyl groups is 1. The van der Waals surface area contributed by atoms with Gasteiger partial charge in [-0.15, -0.1) is 0 Å². The molecule has 7 heteroatoms. The highest BCUT2D eigenvalue weighted by Crippen LogP contribution is 2.37. The quantitative estimate of drug-likeness (QED) is 0.608. The number of methoxy groups -OCH3 is 1. The first kappa shape index (κ1) is 18.4. The molecule has 1 aliphatic carbocycles. The number of hydrogen-bond acceptors (Lipinski definition) is 6. The fourth-order valence-electron chi connectivity index (χ4n) is 3.67. The van der Waals surface area contributed by atoms with Crippen molar-refractivity contribution in [2.75, 3.05) is 20.3 Å². The molecule has 1 aliphatic heterocycles. The molecule has 26 heavy (non-hydrogen) atoms. The molecule has 1 saturated carbocycles. The zero-order valence-electron chi connectivity index (χ0n) is 14.7. The molecule has 0 bridgehead atoms. The first-order chi connectivity index (χ1) is 12.5. The summed E-state index contributed by atoms with van der Waals surface area (Å²) in [6.07, 6.45) is 2.49. The predicted molar refractivity (Wildman–Crippen MR) is 91.5 cm³/mol.